The highest BCUT2D eigenvalue weighted by atomic mass is 127. The standard InChI is InChI=1S/C13H13ClIN3S/c1-7-6-19-13(16-7)12-17-10(8-4-2-3-5-8)9(15)11(14)18-12/h6,8H,2-5H2,1H3. The molecule has 1 saturated carbocycles. The predicted octanol–water partition coefficient (Wildman–Crippen LogP) is 4.82. The van der Waals surface area contributed by atoms with E-state index >= 15 is 0 Å². The summed E-state index contributed by atoms with van der Waals surface area (Å²) in [6.45, 7) is 1.98. The summed E-state index contributed by atoms with van der Waals surface area (Å²) in [5.41, 5.74) is 2.11. The average molecular weight is 406 g/mol. The van der Waals surface area contributed by atoms with Crippen LogP contribution in [0.25, 0.3) is 10.8 Å². The monoisotopic (exact) mass is 405 g/mol. The van der Waals surface area contributed by atoms with Crippen molar-refractivity contribution in [3.8, 4) is 10.8 Å². The fourth-order valence-corrected chi connectivity index (χ4v) is 4.04. The summed E-state index contributed by atoms with van der Waals surface area (Å²) in [6, 6.07) is 0. The van der Waals surface area contributed by atoms with Crippen LogP contribution >= 0.6 is 45.5 Å². The molecule has 0 radical (unpaired) electrons. The largest absolute Gasteiger partial charge is 0.238 e. The molecule has 0 saturated heterocycles. The highest BCUT2D eigenvalue weighted by Crippen LogP contribution is 2.37. The van der Waals surface area contributed by atoms with Gasteiger partial charge in [-0.2, -0.15) is 0 Å². The van der Waals surface area contributed by atoms with Crippen molar-refractivity contribution in [3.05, 3.63) is 25.5 Å². The highest BCUT2D eigenvalue weighted by molar-refractivity contribution is 14.1. The Labute approximate surface area is 135 Å². The number of aryl methyl sites for hydroxylation is 1. The van der Waals surface area contributed by atoms with Crippen LogP contribution in [-0.4, -0.2) is 15.0 Å². The Balaban J connectivity index is 2.06. The quantitative estimate of drug-likeness (QED) is 0.531. The lowest BCUT2D eigenvalue weighted by atomic mass is 10.0. The Morgan fingerprint density at radius 1 is 1.26 bits per heavy atom. The predicted molar refractivity (Wildman–Crippen MR) is 86.8 cm³/mol. The number of hydrogen-bond donors (Lipinski definition) is 0. The van der Waals surface area contributed by atoms with E-state index in [9.17, 15) is 0 Å². The molecule has 2 aromatic heterocycles. The number of nitrogens with zero attached hydrogens (tertiary/aromatic N) is 3. The van der Waals surface area contributed by atoms with Crippen LogP contribution in [0.2, 0.25) is 5.15 Å². The Bertz CT molecular complexity index is 608. The first-order valence-electron chi connectivity index (χ1n) is 6.30. The second kappa shape index (κ2) is 5.61. The van der Waals surface area contributed by atoms with Crippen molar-refractivity contribution in [1.29, 1.82) is 0 Å². The summed E-state index contributed by atoms with van der Waals surface area (Å²) in [7, 11) is 0. The molecular weight excluding hydrogens is 393 g/mol. The fourth-order valence-electron chi connectivity index (χ4n) is 2.46. The van der Waals surface area contributed by atoms with Crippen molar-refractivity contribution in [2.24, 2.45) is 0 Å². The molecule has 0 atom stereocenters. The third-order valence-electron chi connectivity index (χ3n) is 3.39. The van der Waals surface area contributed by atoms with E-state index in [4.69, 9.17) is 16.6 Å². The first-order valence-corrected chi connectivity index (χ1v) is 8.64. The molecule has 0 amide bonds. The summed E-state index contributed by atoms with van der Waals surface area (Å²) in [5, 5.41) is 3.43. The van der Waals surface area contributed by atoms with E-state index in [0.717, 1.165) is 20.0 Å². The number of aromatic nitrogens is 3. The maximum absolute atomic E-state index is 6.27. The molecule has 1 aliphatic carbocycles. The summed E-state index contributed by atoms with van der Waals surface area (Å²) < 4.78 is 1.00. The van der Waals surface area contributed by atoms with Gasteiger partial charge in [-0.05, 0) is 42.4 Å². The third-order valence-corrected chi connectivity index (χ3v) is 6.00. The molecule has 0 aliphatic heterocycles. The van der Waals surface area contributed by atoms with Crippen molar-refractivity contribution in [1.82, 2.24) is 15.0 Å². The van der Waals surface area contributed by atoms with E-state index in [0.29, 0.717) is 16.9 Å². The highest BCUT2D eigenvalue weighted by Gasteiger charge is 2.24. The molecule has 1 fully saturated rings. The lowest BCUT2D eigenvalue weighted by Gasteiger charge is -2.12. The lowest BCUT2D eigenvalue weighted by Crippen LogP contribution is -2.04. The Morgan fingerprint density at radius 3 is 2.63 bits per heavy atom. The molecule has 100 valence electrons. The normalized spacial score (nSPS) is 16.2. The third kappa shape index (κ3) is 2.78. The van der Waals surface area contributed by atoms with Crippen LogP contribution < -0.4 is 0 Å². The zero-order valence-electron chi connectivity index (χ0n) is 10.5. The Kier molecular flexibility index (Phi) is 4.05. The minimum absolute atomic E-state index is 0.534. The van der Waals surface area contributed by atoms with Gasteiger partial charge in [0.1, 0.15) is 5.15 Å². The zero-order valence-corrected chi connectivity index (χ0v) is 14.2. The summed E-state index contributed by atoms with van der Waals surface area (Å²) >= 11 is 10.1. The van der Waals surface area contributed by atoms with Gasteiger partial charge in [-0.3, -0.25) is 0 Å². The first-order chi connectivity index (χ1) is 9.15. The van der Waals surface area contributed by atoms with Gasteiger partial charge in [0.2, 0.25) is 0 Å². The molecule has 0 N–H and O–H groups in total. The molecule has 0 unspecified atom stereocenters. The van der Waals surface area contributed by atoms with Crippen LogP contribution in [0, 0.1) is 10.5 Å². The van der Waals surface area contributed by atoms with E-state index in [-0.39, 0.29) is 0 Å². The van der Waals surface area contributed by atoms with Crippen molar-refractivity contribution in [3.63, 3.8) is 0 Å². The number of halogens is 2. The van der Waals surface area contributed by atoms with Crippen LogP contribution in [-0.2, 0) is 0 Å². The Morgan fingerprint density at radius 2 is 2.00 bits per heavy atom. The first kappa shape index (κ1) is 13.7. The minimum Gasteiger partial charge on any atom is -0.238 e. The number of thiazole rings is 1. The van der Waals surface area contributed by atoms with Crippen molar-refractivity contribution >= 4 is 45.5 Å². The van der Waals surface area contributed by atoms with Crippen LogP contribution in [0.1, 0.15) is 43.0 Å². The van der Waals surface area contributed by atoms with E-state index in [1.54, 1.807) is 11.3 Å². The van der Waals surface area contributed by atoms with Crippen molar-refractivity contribution < 1.29 is 0 Å². The Hall–Kier alpha value is -0.270. The van der Waals surface area contributed by atoms with Gasteiger partial charge in [0.15, 0.2) is 10.8 Å². The van der Waals surface area contributed by atoms with Crippen LogP contribution in [0.5, 0.6) is 0 Å². The van der Waals surface area contributed by atoms with E-state index in [1.807, 2.05) is 12.3 Å². The SMILES string of the molecule is Cc1csc(-c2nc(Cl)c(I)c(C3CCCC3)n2)n1. The molecule has 2 aromatic rings. The fraction of sp³-hybridized carbons (Fsp3) is 0.462. The van der Waals surface area contributed by atoms with E-state index < -0.39 is 0 Å². The number of hydrogen-bond acceptors (Lipinski definition) is 4. The van der Waals surface area contributed by atoms with Gasteiger partial charge in [-0.15, -0.1) is 11.3 Å². The molecule has 1 aliphatic rings. The molecule has 3 rings (SSSR count). The molecule has 19 heavy (non-hydrogen) atoms. The van der Waals surface area contributed by atoms with Gasteiger partial charge in [0, 0.05) is 17.0 Å². The van der Waals surface area contributed by atoms with Gasteiger partial charge < -0.3 is 0 Å². The van der Waals surface area contributed by atoms with Crippen LogP contribution in [0.15, 0.2) is 5.38 Å². The molecule has 2 heterocycles. The van der Waals surface area contributed by atoms with Crippen molar-refractivity contribution in [2.45, 2.75) is 38.5 Å². The van der Waals surface area contributed by atoms with E-state index in [1.165, 1.54) is 25.7 Å². The number of rotatable bonds is 2. The average Bonchev–Trinajstić information content (AvgIpc) is 3.03. The second-order valence-electron chi connectivity index (χ2n) is 4.81. The van der Waals surface area contributed by atoms with Gasteiger partial charge in [-0.1, -0.05) is 24.4 Å². The summed E-state index contributed by atoms with van der Waals surface area (Å²) in [4.78, 5) is 13.6. The maximum atomic E-state index is 6.27. The molecule has 6 heteroatoms. The van der Waals surface area contributed by atoms with Gasteiger partial charge >= 0.3 is 0 Å². The molecule has 0 spiro atoms. The smallest absolute Gasteiger partial charge is 0.190 e. The molecule has 3 nitrogen and oxygen atoms in total. The van der Waals surface area contributed by atoms with Crippen molar-refractivity contribution in [2.75, 3.05) is 0 Å². The van der Waals surface area contributed by atoms with E-state index in [2.05, 4.69) is 32.6 Å². The second-order valence-corrected chi connectivity index (χ2v) is 7.11. The minimum atomic E-state index is 0.534. The van der Waals surface area contributed by atoms with Crippen LogP contribution in [0.4, 0.5) is 0 Å². The van der Waals surface area contributed by atoms with Crippen LogP contribution in [0.3, 0.4) is 0 Å². The summed E-state index contributed by atoms with van der Waals surface area (Å²) in [5.74, 6) is 1.21. The molecule has 0 aromatic carbocycles. The summed E-state index contributed by atoms with van der Waals surface area (Å²) in [6.07, 6.45) is 4.99. The van der Waals surface area contributed by atoms with Gasteiger partial charge in [-0.25, -0.2) is 15.0 Å². The molecule has 0 bridgehead atoms. The lowest BCUT2D eigenvalue weighted by molar-refractivity contribution is 0.690. The topological polar surface area (TPSA) is 38.7 Å². The maximum Gasteiger partial charge on any atom is 0.190 e. The van der Waals surface area contributed by atoms with Gasteiger partial charge in [0.05, 0.1) is 9.26 Å². The molecular formula is C13H13ClIN3S. The van der Waals surface area contributed by atoms with Gasteiger partial charge in [0.25, 0.3) is 0 Å². The zero-order chi connectivity index (χ0) is 13.4.